The van der Waals surface area contributed by atoms with Crippen LogP contribution < -0.4 is 5.32 Å². The van der Waals surface area contributed by atoms with Gasteiger partial charge in [0.1, 0.15) is 5.82 Å². The molecule has 2 amide bonds. The molecule has 0 aliphatic carbocycles. The maximum absolute atomic E-state index is 13.2. The lowest BCUT2D eigenvalue weighted by Gasteiger charge is -2.32. The van der Waals surface area contributed by atoms with Gasteiger partial charge in [0.2, 0.25) is 11.8 Å². The zero-order valence-corrected chi connectivity index (χ0v) is 18.4. The van der Waals surface area contributed by atoms with E-state index in [4.69, 9.17) is 0 Å². The van der Waals surface area contributed by atoms with Crippen LogP contribution in [-0.2, 0) is 9.59 Å². The van der Waals surface area contributed by atoms with Crippen molar-refractivity contribution in [3.63, 3.8) is 0 Å². The van der Waals surface area contributed by atoms with Crippen LogP contribution in [0.2, 0.25) is 0 Å². The molecule has 1 aromatic heterocycles. The van der Waals surface area contributed by atoms with E-state index in [9.17, 15) is 9.59 Å². The summed E-state index contributed by atoms with van der Waals surface area (Å²) in [5.74, 6) is 0.633. The molecule has 0 radical (unpaired) electrons. The van der Waals surface area contributed by atoms with Gasteiger partial charge >= 0.3 is 0 Å². The van der Waals surface area contributed by atoms with Gasteiger partial charge in [-0.25, -0.2) is 4.98 Å². The average Bonchev–Trinajstić information content (AvgIpc) is 2.85. The molecule has 32 heavy (non-hydrogen) atoms. The summed E-state index contributed by atoms with van der Waals surface area (Å²) in [6.07, 6.45) is 3.51. The van der Waals surface area contributed by atoms with Crippen molar-refractivity contribution in [2.24, 2.45) is 5.92 Å². The number of benzene rings is 2. The summed E-state index contributed by atoms with van der Waals surface area (Å²) in [4.78, 5) is 32.0. The van der Waals surface area contributed by atoms with Gasteiger partial charge in [-0.1, -0.05) is 66.7 Å². The Hall–Kier alpha value is -3.47. The average molecular weight is 428 g/mol. The first-order valence-electron chi connectivity index (χ1n) is 11.2. The molecule has 1 N–H and O–H groups in total. The Kier molecular flexibility index (Phi) is 6.95. The molecule has 5 nitrogen and oxygen atoms in total. The van der Waals surface area contributed by atoms with E-state index in [2.05, 4.69) is 34.6 Å². The number of pyridine rings is 1. The van der Waals surface area contributed by atoms with Crippen molar-refractivity contribution in [1.82, 2.24) is 9.88 Å². The standard InChI is InChI=1S/C27H29N3O2/c1-20-12-13-25(28-19-20)29-27(32)23-14-16-30(17-15-23)26(31)18-24(21-8-4-2-5-9-21)22-10-6-3-7-11-22/h2-13,19,23-24H,14-18H2,1H3,(H,28,29,32). The lowest BCUT2D eigenvalue weighted by atomic mass is 9.87. The molecule has 2 heterocycles. The molecule has 0 saturated carbocycles. The van der Waals surface area contributed by atoms with Crippen LogP contribution in [0.1, 0.15) is 41.9 Å². The number of amides is 2. The predicted octanol–water partition coefficient (Wildman–Crippen LogP) is 4.79. The fraction of sp³-hybridized carbons (Fsp3) is 0.296. The van der Waals surface area contributed by atoms with Crippen molar-refractivity contribution < 1.29 is 9.59 Å². The van der Waals surface area contributed by atoms with Crippen molar-refractivity contribution in [2.45, 2.75) is 32.1 Å². The van der Waals surface area contributed by atoms with E-state index in [0.717, 1.165) is 16.7 Å². The van der Waals surface area contributed by atoms with Crippen LogP contribution in [0.3, 0.4) is 0 Å². The first-order valence-corrected chi connectivity index (χ1v) is 11.2. The van der Waals surface area contributed by atoms with Gasteiger partial charge in [-0.3, -0.25) is 9.59 Å². The summed E-state index contributed by atoms with van der Waals surface area (Å²) in [6.45, 7) is 3.18. The molecule has 0 unspecified atom stereocenters. The molecule has 4 rings (SSSR count). The second-order valence-electron chi connectivity index (χ2n) is 8.44. The highest BCUT2D eigenvalue weighted by molar-refractivity contribution is 5.92. The summed E-state index contributed by atoms with van der Waals surface area (Å²) in [5, 5.41) is 2.90. The molecule has 1 aliphatic rings. The van der Waals surface area contributed by atoms with Crippen LogP contribution >= 0.6 is 0 Å². The Balaban J connectivity index is 1.36. The van der Waals surface area contributed by atoms with Gasteiger partial charge in [-0.2, -0.15) is 0 Å². The van der Waals surface area contributed by atoms with Crippen molar-refractivity contribution >= 4 is 17.6 Å². The number of rotatable bonds is 6. The molecule has 164 valence electrons. The molecular formula is C27H29N3O2. The lowest BCUT2D eigenvalue weighted by molar-refractivity contribution is -0.134. The summed E-state index contributed by atoms with van der Waals surface area (Å²) < 4.78 is 0. The highest BCUT2D eigenvalue weighted by atomic mass is 16.2. The van der Waals surface area contributed by atoms with Crippen molar-refractivity contribution in [2.75, 3.05) is 18.4 Å². The number of nitrogens with one attached hydrogen (secondary N) is 1. The fourth-order valence-corrected chi connectivity index (χ4v) is 4.26. The molecule has 2 aromatic carbocycles. The maximum Gasteiger partial charge on any atom is 0.228 e. The third kappa shape index (κ3) is 5.41. The second kappa shape index (κ2) is 10.2. The van der Waals surface area contributed by atoms with Crippen LogP contribution in [0.25, 0.3) is 0 Å². The Morgan fingerprint density at radius 2 is 1.53 bits per heavy atom. The first-order chi connectivity index (χ1) is 15.6. The fourth-order valence-electron chi connectivity index (χ4n) is 4.26. The summed E-state index contributed by atoms with van der Waals surface area (Å²) in [5.41, 5.74) is 3.35. The van der Waals surface area contributed by atoms with Gasteiger partial charge in [0.15, 0.2) is 0 Å². The second-order valence-corrected chi connectivity index (χ2v) is 8.44. The number of likely N-dealkylation sites (tertiary alicyclic amines) is 1. The number of piperidine rings is 1. The Morgan fingerprint density at radius 3 is 2.06 bits per heavy atom. The van der Waals surface area contributed by atoms with Gasteiger partial charge in [-0.15, -0.1) is 0 Å². The van der Waals surface area contributed by atoms with E-state index in [1.54, 1.807) is 6.20 Å². The SMILES string of the molecule is Cc1ccc(NC(=O)C2CCN(C(=O)CC(c3ccccc3)c3ccccc3)CC2)nc1. The molecule has 1 fully saturated rings. The third-order valence-corrected chi connectivity index (χ3v) is 6.16. The normalized spacial score (nSPS) is 14.4. The molecule has 0 bridgehead atoms. The Bertz CT molecular complexity index is 988. The molecule has 0 spiro atoms. The van der Waals surface area contributed by atoms with Gasteiger partial charge in [0, 0.05) is 37.5 Å². The first kappa shape index (κ1) is 21.8. The summed E-state index contributed by atoms with van der Waals surface area (Å²) in [7, 11) is 0. The number of anilines is 1. The molecule has 0 atom stereocenters. The van der Waals surface area contributed by atoms with Crippen LogP contribution in [-0.4, -0.2) is 34.8 Å². The van der Waals surface area contributed by atoms with Crippen LogP contribution in [0.4, 0.5) is 5.82 Å². The zero-order chi connectivity index (χ0) is 22.3. The van der Waals surface area contributed by atoms with E-state index >= 15 is 0 Å². The number of carbonyl (C=O) groups excluding carboxylic acids is 2. The van der Waals surface area contributed by atoms with Crippen molar-refractivity contribution in [3.05, 3.63) is 95.7 Å². The number of hydrogen-bond donors (Lipinski definition) is 1. The van der Waals surface area contributed by atoms with E-state index in [-0.39, 0.29) is 23.7 Å². The summed E-state index contributed by atoms with van der Waals surface area (Å²) in [6, 6.07) is 24.1. The molecule has 1 aliphatic heterocycles. The van der Waals surface area contributed by atoms with Crippen molar-refractivity contribution in [1.29, 1.82) is 0 Å². The molecule has 3 aromatic rings. The number of nitrogens with zero attached hydrogens (tertiary/aromatic N) is 2. The number of aromatic nitrogens is 1. The predicted molar refractivity (Wildman–Crippen MR) is 126 cm³/mol. The summed E-state index contributed by atoms with van der Waals surface area (Å²) >= 11 is 0. The Morgan fingerprint density at radius 1 is 0.938 bits per heavy atom. The van der Waals surface area contributed by atoms with Gasteiger partial charge in [0.25, 0.3) is 0 Å². The van der Waals surface area contributed by atoms with Crippen LogP contribution in [0, 0.1) is 12.8 Å². The monoisotopic (exact) mass is 427 g/mol. The highest BCUT2D eigenvalue weighted by Gasteiger charge is 2.29. The molecular weight excluding hydrogens is 398 g/mol. The zero-order valence-electron chi connectivity index (χ0n) is 18.4. The van der Waals surface area contributed by atoms with E-state index in [1.807, 2.05) is 60.4 Å². The lowest BCUT2D eigenvalue weighted by Crippen LogP contribution is -2.42. The van der Waals surface area contributed by atoms with Gasteiger partial charge < -0.3 is 10.2 Å². The minimum Gasteiger partial charge on any atom is -0.343 e. The quantitative estimate of drug-likeness (QED) is 0.615. The smallest absolute Gasteiger partial charge is 0.228 e. The number of aryl methyl sites for hydroxylation is 1. The van der Waals surface area contributed by atoms with E-state index < -0.39 is 0 Å². The van der Waals surface area contributed by atoms with Gasteiger partial charge in [-0.05, 0) is 42.5 Å². The highest BCUT2D eigenvalue weighted by Crippen LogP contribution is 2.29. The topological polar surface area (TPSA) is 62.3 Å². The molecule has 1 saturated heterocycles. The largest absolute Gasteiger partial charge is 0.343 e. The van der Waals surface area contributed by atoms with E-state index in [0.29, 0.717) is 38.2 Å². The van der Waals surface area contributed by atoms with Crippen molar-refractivity contribution in [3.8, 4) is 0 Å². The maximum atomic E-state index is 13.2. The molecule has 5 heteroatoms. The Labute approximate surface area is 189 Å². The third-order valence-electron chi connectivity index (χ3n) is 6.16. The van der Waals surface area contributed by atoms with Gasteiger partial charge in [0.05, 0.1) is 0 Å². The van der Waals surface area contributed by atoms with E-state index in [1.165, 1.54) is 0 Å². The van der Waals surface area contributed by atoms with Crippen LogP contribution in [0.15, 0.2) is 79.0 Å². The minimum atomic E-state index is -0.0961. The van der Waals surface area contributed by atoms with Crippen LogP contribution in [0.5, 0.6) is 0 Å². The number of carbonyl (C=O) groups is 2. The minimum absolute atomic E-state index is 0.0140. The number of hydrogen-bond acceptors (Lipinski definition) is 3.